The lowest BCUT2D eigenvalue weighted by atomic mass is 10.2. The zero-order valence-corrected chi connectivity index (χ0v) is 9.08. The fourth-order valence-electron chi connectivity index (χ4n) is 0.924. The lowest BCUT2D eigenvalue weighted by Crippen LogP contribution is -2.65. The minimum Gasteiger partial charge on any atom is -0.368 e. The van der Waals surface area contributed by atoms with Gasteiger partial charge >= 0.3 is 5.97 Å². The molecule has 0 saturated heterocycles. The molecule has 0 spiro atoms. The van der Waals surface area contributed by atoms with E-state index in [1.165, 1.54) is 12.1 Å². The van der Waals surface area contributed by atoms with E-state index in [-0.39, 0.29) is 0 Å². The number of benzene rings is 1. The summed E-state index contributed by atoms with van der Waals surface area (Å²) in [6, 6.07) is 8.05. The molecule has 0 fully saturated rings. The summed E-state index contributed by atoms with van der Waals surface area (Å²) in [6.07, 6.45) is 0. The number of carbonyl (C=O) groups excluding carboxylic acids is 1. The van der Waals surface area contributed by atoms with Gasteiger partial charge in [0.25, 0.3) is 5.91 Å². The monoisotopic (exact) mass is 242 g/mol. The first-order valence-corrected chi connectivity index (χ1v) is 4.76. The standard InChI is InChI=1S/C10H14N2O5/c1-9(14,10(15,16)17)12-11-8(13)7-5-3-2-4-6-7/h2-6,12,14-17H,1H3,(H,11,13). The average molecular weight is 242 g/mol. The van der Waals surface area contributed by atoms with Gasteiger partial charge in [0.1, 0.15) is 0 Å². The maximum Gasteiger partial charge on any atom is 0.321 e. The highest BCUT2D eigenvalue weighted by Crippen LogP contribution is 2.11. The molecule has 17 heavy (non-hydrogen) atoms. The van der Waals surface area contributed by atoms with Gasteiger partial charge in [0.15, 0.2) is 0 Å². The zero-order valence-electron chi connectivity index (χ0n) is 9.08. The maximum absolute atomic E-state index is 11.5. The molecule has 0 aliphatic carbocycles. The van der Waals surface area contributed by atoms with Crippen LogP contribution in [0, 0.1) is 0 Å². The molecule has 0 aliphatic rings. The molecular weight excluding hydrogens is 228 g/mol. The van der Waals surface area contributed by atoms with Crippen molar-refractivity contribution in [2.45, 2.75) is 18.6 Å². The van der Waals surface area contributed by atoms with Crippen LogP contribution in [0.15, 0.2) is 30.3 Å². The summed E-state index contributed by atoms with van der Waals surface area (Å²) in [5.41, 5.74) is 1.71. The van der Waals surface area contributed by atoms with Crippen LogP contribution in [0.1, 0.15) is 17.3 Å². The lowest BCUT2D eigenvalue weighted by molar-refractivity contribution is -0.395. The van der Waals surface area contributed by atoms with Crippen molar-refractivity contribution in [2.75, 3.05) is 0 Å². The molecule has 0 aromatic heterocycles. The van der Waals surface area contributed by atoms with Crippen molar-refractivity contribution in [3.05, 3.63) is 35.9 Å². The predicted molar refractivity (Wildman–Crippen MR) is 57.1 cm³/mol. The number of nitrogens with one attached hydrogen (secondary N) is 2. The molecule has 7 heteroatoms. The Bertz CT molecular complexity index is 385. The average Bonchev–Trinajstić information content (AvgIpc) is 2.25. The summed E-state index contributed by atoms with van der Waals surface area (Å²) in [4.78, 5) is 11.5. The summed E-state index contributed by atoms with van der Waals surface area (Å²) < 4.78 is 0. The Morgan fingerprint density at radius 2 is 1.65 bits per heavy atom. The second-order valence-corrected chi connectivity index (χ2v) is 3.65. The van der Waals surface area contributed by atoms with Crippen molar-refractivity contribution >= 4 is 5.91 Å². The number of hydrogen-bond donors (Lipinski definition) is 6. The molecule has 0 aliphatic heterocycles. The Hall–Kier alpha value is -1.51. The van der Waals surface area contributed by atoms with Crippen LogP contribution in [-0.4, -0.2) is 38.0 Å². The number of hydrogen-bond acceptors (Lipinski definition) is 6. The van der Waals surface area contributed by atoms with E-state index in [1.807, 2.05) is 10.9 Å². The molecule has 1 aromatic rings. The van der Waals surface area contributed by atoms with Gasteiger partial charge in [0.05, 0.1) is 0 Å². The number of hydrazine groups is 1. The van der Waals surface area contributed by atoms with Crippen LogP contribution in [0.2, 0.25) is 0 Å². The first-order chi connectivity index (χ1) is 7.74. The van der Waals surface area contributed by atoms with E-state index in [1.54, 1.807) is 18.2 Å². The highest BCUT2D eigenvalue weighted by Gasteiger charge is 2.43. The normalized spacial score (nSPS) is 15.1. The van der Waals surface area contributed by atoms with E-state index in [9.17, 15) is 9.90 Å². The van der Waals surface area contributed by atoms with Gasteiger partial charge in [-0.3, -0.25) is 10.2 Å². The number of carbonyl (C=O) groups is 1. The van der Waals surface area contributed by atoms with Crippen LogP contribution in [0.25, 0.3) is 0 Å². The fraction of sp³-hybridized carbons (Fsp3) is 0.300. The van der Waals surface area contributed by atoms with E-state index in [2.05, 4.69) is 0 Å². The molecular formula is C10H14N2O5. The maximum atomic E-state index is 11.5. The molecule has 1 unspecified atom stereocenters. The molecule has 0 radical (unpaired) electrons. The molecule has 1 amide bonds. The van der Waals surface area contributed by atoms with Crippen LogP contribution >= 0.6 is 0 Å². The van der Waals surface area contributed by atoms with E-state index in [0.29, 0.717) is 5.56 Å². The lowest BCUT2D eigenvalue weighted by Gasteiger charge is -2.32. The zero-order chi connectivity index (χ0) is 13.1. The van der Waals surface area contributed by atoms with Crippen LogP contribution in [-0.2, 0) is 0 Å². The highest BCUT2D eigenvalue weighted by atomic mass is 16.7. The van der Waals surface area contributed by atoms with Gasteiger partial charge in [-0.1, -0.05) is 18.2 Å². The third-order valence-corrected chi connectivity index (χ3v) is 2.11. The molecule has 94 valence electrons. The third-order valence-electron chi connectivity index (χ3n) is 2.11. The Morgan fingerprint density at radius 1 is 1.12 bits per heavy atom. The van der Waals surface area contributed by atoms with E-state index < -0.39 is 17.6 Å². The fourth-order valence-corrected chi connectivity index (χ4v) is 0.924. The first kappa shape index (κ1) is 13.6. The summed E-state index contributed by atoms with van der Waals surface area (Å²) in [5.74, 6) is -3.99. The molecule has 1 atom stereocenters. The Kier molecular flexibility index (Phi) is 3.81. The summed E-state index contributed by atoms with van der Waals surface area (Å²) in [7, 11) is 0. The summed E-state index contributed by atoms with van der Waals surface area (Å²) >= 11 is 0. The van der Waals surface area contributed by atoms with Crippen molar-refractivity contribution < 1.29 is 25.2 Å². The minimum absolute atomic E-state index is 0.301. The number of amides is 1. The van der Waals surface area contributed by atoms with Crippen molar-refractivity contribution in [3.8, 4) is 0 Å². The molecule has 7 nitrogen and oxygen atoms in total. The molecule has 6 N–H and O–H groups in total. The minimum atomic E-state index is -3.39. The van der Waals surface area contributed by atoms with Crippen molar-refractivity contribution in [2.24, 2.45) is 0 Å². The van der Waals surface area contributed by atoms with E-state index >= 15 is 0 Å². The quantitative estimate of drug-likeness (QED) is 0.275. The summed E-state index contributed by atoms with van der Waals surface area (Å²) in [6.45, 7) is 0.873. The highest BCUT2D eigenvalue weighted by molar-refractivity contribution is 5.93. The SMILES string of the molecule is CC(O)(NNC(=O)c1ccccc1)C(O)(O)O. The van der Waals surface area contributed by atoms with Crippen molar-refractivity contribution in [1.82, 2.24) is 10.9 Å². The van der Waals surface area contributed by atoms with E-state index in [0.717, 1.165) is 6.92 Å². The first-order valence-electron chi connectivity index (χ1n) is 4.76. The van der Waals surface area contributed by atoms with Gasteiger partial charge in [-0.2, -0.15) is 5.43 Å². The Morgan fingerprint density at radius 3 is 2.12 bits per heavy atom. The smallest absolute Gasteiger partial charge is 0.321 e. The molecule has 1 aromatic carbocycles. The van der Waals surface area contributed by atoms with E-state index in [4.69, 9.17) is 15.3 Å². The van der Waals surface area contributed by atoms with Crippen molar-refractivity contribution in [3.63, 3.8) is 0 Å². The molecule has 1 rings (SSSR count). The predicted octanol–water partition coefficient (Wildman–Crippen LogP) is -1.74. The second-order valence-electron chi connectivity index (χ2n) is 3.65. The van der Waals surface area contributed by atoms with Gasteiger partial charge in [-0.15, -0.1) is 0 Å². The van der Waals surface area contributed by atoms with Gasteiger partial charge in [-0.25, -0.2) is 0 Å². The van der Waals surface area contributed by atoms with Gasteiger partial charge in [0.2, 0.25) is 5.72 Å². The topological polar surface area (TPSA) is 122 Å². The Labute approximate surface area is 97.3 Å². The van der Waals surface area contributed by atoms with Crippen LogP contribution in [0.4, 0.5) is 0 Å². The van der Waals surface area contributed by atoms with Gasteiger partial charge < -0.3 is 20.4 Å². The molecule has 0 saturated carbocycles. The second kappa shape index (κ2) is 4.78. The van der Waals surface area contributed by atoms with Gasteiger partial charge in [-0.05, 0) is 19.1 Å². The molecule has 0 bridgehead atoms. The van der Waals surface area contributed by atoms with Crippen LogP contribution in [0.3, 0.4) is 0 Å². The number of rotatable bonds is 4. The Balaban J connectivity index is 2.61. The van der Waals surface area contributed by atoms with Crippen molar-refractivity contribution in [1.29, 1.82) is 0 Å². The largest absolute Gasteiger partial charge is 0.368 e. The molecule has 0 heterocycles. The summed E-state index contributed by atoms with van der Waals surface area (Å²) in [5, 5.41) is 35.7. The van der Waals surface area contributed by atoms with Crippen LogP contribution < -0.4 is 10.9 Å². The number of aliphatic hydroxyl groups is 4. The van der Waals surface area contributed by atoms with Crippen LogP contribution in [0.5, 0.6) is 0 Å². The third kappa shape index (κ3) is 3.48. The van der Waals surface area contributed by atoms with Gasteiger partial charge in [0, 0.05) is 5.56 Å².